The first kappa shape index (κ1) is 23.0. The van der Waals surface area contributed by atoms with Gasteiger partial charge in [-0.15, -0.1) is 0 Å². The minimum atomic E-state index is -0.636. The van der Waals surface area contributed by atoms with Crippen LogP contribution < -0.4 is 14.9 Å². The Kier molecular flexibility index (Phi) is 6.54. The molecule has 0 saturated heterocycles. The van der Waals surface area contributed by atoms with Gasteiger partial charge in [0.1, 0.15) is 5.75 Å². The van der Waals surface area contributed by atoms with Crippen molar-refractivity contribution in [1.82, 2.24) is 4.57 Å². The summed E-state index contributed by atoms with van der Waals surface area (Å²) in [5.41, 5.74) is 3.13. The van der Waals surface area contributed by atoms with Crippen molar-refractivity contribution in [3.63, 3.8) is 0 Å². The molecule has 2 heterocycles. The van der Waals surface area contributed by atoms with E-state index >= 15 is 0 Å². The van der Waals surface area contributed by atoms with Crippen molar-refractivity contribution in [3.8, 4) is 5.75 Å². The Morgan fingerprint density at radius 1 is 1.24 bits per heavy atom. The SMILES string of the molecule is CCOC(=O)C1=C(C)N=c2s/c(=C\Cc3cc(Cl)ccc3O)c(=O)n2[C@H]1c1ccc(C)cc1. The van der Waals surface area contributed by atoms with Crippen LogP contribution in [-0.2, 0) is 16.0 Å². The number of aromatic nitrogens is 1. The highest BCUT2D eigenvalue weighted by Crippen LogP contribution is 2.30. The number of hydrogen-bond acceptors (Lipinski definition) is 6. The van der Waals surface area contributed by atoms with Gasteiger partial charge in [-0.2, -0.15) is 0 Å². The van der Waals surface area contributed by atoms with Gasteiger partial charge in [0.15, 0.2) is 4.80 Å². The molecule has 0 radical (unpaired) electrons. The fourth-order valence-corrected chi connectivity index (χ4v) is 5.03. The molecule has 1 atom stereocenters. The van der Waals surface area contributed by atoms with Crippen LogP contribution in [0.15, 0.2) is 63.5 Å². The molecule has 0 saturated carbocycles. The van der Waals surface area contributed by atoms with E-state index in [0.717, 1.165) is 11.1 Å². The maximum Gasteiger partial charge on any atom is 0.338 e. The fourth-order valence-electron chi connectivity index (χ4n) is 3.81. The van der Waals surface area contributed by atoms with Crippen molar-refractivity contribution < 1.29 is 14.6 Å². The number of phenolic OH excluding ortho intramolecular Hbond substituents is 1. The molecule has 1 aromatic heterocycles. The number of allylic oxidation sites excluding steroid dienone is 1. The van der Waals surface area contributed by atoms with Crippen LogP contribution in [0.2, 0.25) is 5.02 Å². The predicted molar refractivity (Wildman–Crippen MR) is 129 cm³/mol. The summed E-state index contributed by atoms with van der Waals surface area (Å²) in [5, 5.41) is 10.6. The van der Waals surface area contributed by atoms with E-state index in [1.54, 1.807) is 36.6 Å². The zero-order valence-electron chi connectivity index (χ0n) is 18.5. The van der Waals surface area contributed by atoms with Crippen molar-refractivity contribution in [2.75, 3.05) is 6.61 Å². The molecule has 33 heavy (non-hydrogen) atoms. The van der Waals surface area contributed by atoms with Crippen LogP contribution in [0.25, 0.3) is 6.08 Å². The summed E-state index contributed by atoms with van der Waals surface area (Å²) in [6.07, 6.45) is 2.08. The van der Waals surface area contributed by atoms with Crippen LogP contribution in [0, 0.1) is 6.92 Å². The summed E-state index contributed by atoms with van der Waals surface area (Å²) in [6.45, 7) is 5.71. The van der Waals surface area contributed by atoms with Crippen LogP contribution in [0.3, 0.4) is 0 Å². The zero-order chi connectivity index (χ0) is 23.7. The molecule has 0 amide bonds. The van der Waals surface area contributed by atoms with Crippen molar-refractivity contribution in [1.29, 1.82) is 0 Å². The van der Waals surface area contributed by atoms with E-state index in [9.17, 15) is 14.7 Å². The van der Waals surface area contributed by atoms with E-state index in [0.29, 0.717) is 37.6 Å². The number of carbonyl (C=O) groups excluding carboxylic acids is 1. The molecule has 4 rings (SSSR count). The van der Waals surface area contributed by atoms with Crippen molar-refractivity contribution >= 4 is 35.0 Å². The Labute approximate surface area is 199 Å². The van der Waals surface area contributed by atoms with E-state index in [1.165, 1.54) is 17.4 Å². The monoisotopic (exact) mass is 482 g/mol. The van der Waals surface area contributed by atoms with Gasteiger partial charge in [-0.25, -0.2) is 9.79 Å². The Bertz CT molecular complexity index is 1430. The highest BCUT2D eigenvalue weighted by molar-refractivity contribution is 7.07. The lowest BCUT2D eigenvalue weighted by Crippen LogP contribution is -2.39. The molecule has 2 aromatic carbocycles. The van der Waals surface area contributed by atoms with Gasteiger partial charge >= 0.3 is 5.97 Å². The zero-order valence-corrected chi connectivity index (χ0v) is 20.0. The molecule has 3 aromatic rings. The second kappa shape index (κ2) is 9.37. The summed E-state index contributed by atoms with van der Waals surface area (Å²) in [4.78, 5) is 31.4. The first-order chi connectivity index (χ1) is 15.8. The lowest BCUT2D eigenvalue weighted by atomic mass is 9.95. The molecule has 0 unspecified atom stereocenters. The smallest absolute Gasteiger partial charge is 0.338 e. The van der Waals surface area contributed by atoms with E-state index < -0.39 is 12.0 Å². The normalized spacial score (nSPS) is 15.9. The van der Waals surface area contributed by atoms with Crippen molar-refractivity contribution in [2.24, 2.45) is 4.99 Å². The van der Waals surface area contributed by atoms with Gasteiger partial charge in [-0.3, -0.25) is 9.36 Å². The van der Waals surface area contributed by atoms with E-state index in [2.05, 4.69) is 4.99 Å². The Morgan fingerprint density at radius 3 is 2.67 bits per heavy atom. The molecular formula is C25H23ClN2O4S. The highest BCUT2D eigenvalue weighted by atomic mass is 35.5. The van der Waals surface area contributed by atoms with Gasteiger partial charge in [0, 0.05) is 5.02 Å². The summed E-state index contributed by atoms with van der Waals surface area (Å²) in [7, 11) is 0. The number of aromatic hydroxyl groups is 1. The third-order valence-corrected chi connectivity index (χ3v) is 6.73. The molecule has 1 aliphatic rings. The van der Waals surface area contributed by atoms with Gasteiger partial charge in [-0.1, -0.05) is 58.8 Å². The number of esters is 1. The number of benzene rings is 2. The number of phenols is 1. The number of hydrogen-bond donors (Lipinski definition) is 1. The number of halogens is 1. The minimum absolute atomic E-state index is 0.112. The largest absolute Gasteiger partial charge is 0.508 e. The lowest BCUT2D eigenvalue weighted by Gasteiger charge is -2.24. The second-order valence-corrected chi connectivity index (χ2v) is 9.20. The number of ether oxygens (including phenoxy) is 1. The molecule has 0 spiro atoms. The highest BCUT2D eigenvalue weighted by Gasteiger charge is 2.33. The van der Waals surface area contributed by atoms with Crippen molar-refractivity contribution in [2.45, 2.75) is 33.2 Å². The van der Waals surface area contributed by atoms with Gasteiger partial charge in [-0.05, 0) is 56.5 Å². The molecule has 0 aliphatic carbocycles. The summed E-state index contributed by atoms with van der Waals surface area (Å²) in [6, 6.07) is 11.9. The minimum Gasteiger partial charge on any atom is -0.508 e. The number of thiazole rings is 1. The maximum atomic E-state index is 13.5. The van der Waals surface area contributed by atoms with Crippen LogP contribution in [-0.4, -0.2) is 22.2 Å². The number of carbonyl (C=O) groups is 1. The summed E-state index contributed by atoms with van der Waals surface area (Å²) in [5.74, 6) is -0.371. The summed E-state index contributed by atoms with van der Waals surface area (Å²) < 4.78 is 7.33. The molecule has 8 heteroatoms. The van der Waals surface area contributed by atoms with Gasteiger partial charge in [0.05, 0.1) is 28.5 Å². The molecule has 0 fully saturated rings. The fraction of sp³-hybridized carbons (Fsp3) is 0.240. The lowest BCUT2D eigenvalue weighted by molar-refractivity contribution is -0.139. The Morgan fingerprint density at radius 2 is 1.97 bits per heavy atom. The van der Waals surface area contributed by atoms with Crippen LogP contribution >= 0.6 is 22.9 Å². The Balaban J connectivity index is 1.87. The maximum absolute atomic E-state index is 13.5. The van der Waals surface area contributed by atoms with E-state index in [4.69, 9.17) is 16.3 Å². The molecule has 6 nitrogen and oxygen atoms in total. The number of fused-ring (bicyclic) bond motifs is 1. The third kappa shape index (κ3) is 4.51. The van der Waals surface area contributed by atoms with Crippen molar-refractivity contribution in [3.05, 3.63) is 95.1 Å². The average molecular weight is 483 g/mol. The van der Waals surface area contributed by atoms with Crippen LogP contribution in [0.1, 0.15) is 36.6 Å². The Hall–Kier alpha value is -3.16. The van der Waals surface area contributed by atoms with E-state index in [-0.39, 0.29) is 17.9 Å². The van der Waals surface area contributed by atoms with Crippen LogP contribution in [0.4, 0.5) is 0 Å². The molecule has 1 aliphatic heterocycles. The first-order valence-electron chi connectivity index (χ1n) is 10.5. The first-order valence-corrected chi connectivity index (χ1v) is 11.7. The summed E-state index contributed by atoms with van der Waals surface area (Å²) >= 11 is 7.30. The molecule has 0 bridgehead atoms. The third-order valence-electron chi connectivity index (χ3n) is 5.46. The van der Waals surface area contributed by atoms with Gasteiger partial charge in [0.2, 0.25) is 0 Å². The second-order valence-electron chi connectivity index (χ2n) is 7.75. The topological polar surface area (TPSA) is 80.9 Å². The standard InChI is InChI=1S/C25H23ClN2O4S/c1-4-32-24(31)21-15(3)27-25-28(22(21)16-7-5-14(2)6-8-16)23(30)20(33-25)12-9-17-13-18(26)10-11-19(17)29/h5-8,10-13,22,29H,4,9H2,1-3H3/b20-12-/t22-/m0/s1. The average Bonchev–Trinajstić information content (AvgIpc) is 3.09. The van der Waals surface area contributed by atoms with Gasteiger partial charge in [0.25, 0.3) is 5.56 Å². The molecule has 170 valence electrons. The molecule has 1 N–H and O–H groups in total. The number of aryl methyl sites for hydroxylation is 1. The number of nitrogens with zero attached hydrogens (tertiary/aromatic N) is 2. The van der Waals surface area contributed by atoms with E-state index in [1.807, 2.05) is 31.2 Å². The number of rotatable bonds is 5. The van der Waals surface area contributed by atoms with Crippen LogP contribution in [0.5, 0.6) is 5.75 Å². The predicted octanol–water partition coefficient (Wildman–Crippen LogP) is 3.66. The van der Waals surface area contributed by atoms with Gasteiger partial charge < -0.3 is 9.84 Å². The quantitative estimate of drug-likeness (QED) is 0.563. The molecular weight excluding hydrogens is 460 g/mol.